The lowest BCUT2D eigenvalue weighted by Gasteiger charge is -2.28. The van der Waals surface area contributed by atoms with E-state index in [0.717, 1.165) is 12.5 Å². The fourth-order valence-electron chi connectivity index (χ4n) is 2.27. The van der Waals surface area contributed by atoms with Crippen molar-refractivity contribution in [3.63, 3.8) is 0 Å². The van der Waals surface area contributed by atoms with E-state index in [4.69, 9.17) is 5.73 Å². The van der Waals surface area contributed by atoms with Gasteiger partial charge in [0.2, 0.25) is 0 Å². The third-order valence-corrected chi connectivity index (χ3v) is 3.56. The van der Waals surface area contributed by atoms with Crippen molar-refractivity contribution in [1.82, 2.24) is 4.90 Å². The number of hydrogen-bond donors (Lipinski definition) is 1. The first-order valence-corrected chi connectivity index (χ1v) is 6.92. The van der Waals surface area contributed by atoms with Gasteiger partial charge in [0.15, 0.2) is 0 Å². The Morgan fingerprint density at radius 3 is 2.17 bits per heavy atom. The minimum Gasteiger partial charge on any atom is -0.323 e. The first-order valence-electron chi connectivity index (χ1n) is 6.92. The van der Waals surface area contributed by atoms with Crippen LogP contribution in [-0.4, -0.2) is 24.5 Å². The summed E-state index contributed by atoms with van der Waals surface area (Å²) in [5.74, 6) is 0.734. The van der Waals surface area contributed by atoms with Gasteiger partial charge in [-0.05, 0) is 38.8 Å². The Balaban J connectivity index is 2.53. The van der Waals surface area contributed by atoms with Crippen LogP contribution in [0.4, 0.5) is 0 Å². The van der Waals surface area contributed by atoms with E-state index in [2.05, 4.69) is 63.9 Å². The van der Waals surface area contributed by atoms with Crippen molar-refractivity contribution in [2.75, 3.05) is 13.6 Å². The van der Waals surface area contributed by atoms with E-state index in [-0.39, 0.29) is 6.04 Å². The summed E-state index contributed by atoms with van der Waals surface area (Å²) >= 11 is 0. The Hall–Kier alpha value is -0.860. The number of nitrogens with two attached hydrogens (primary N) is 1. The molecule has 1 aromatic rings. The Labute approximate surface area is 112 Å². The highest BCUT2D eigenvalue weighted by Gasteiger charge is 2.15. The van der Waals surface area contributed by atoms with Gasteiger partial charge in [-0.2, -0.15) is 0 Å². The van der Waals surface area contributed by atoms with Crippen LogP contribution in [0.15, 0.2) is 24.3 Å². The molecule has 2 atom stereocenters. The molecule has 2 unspecified atom stereocenters. The Kier molecular flexibility index (Phi) is 5.83. The van der Waals surface area contributed by atoms with Crippen LogP contribution in [0, 0.1) is 12.8 Å². The monoisotopic (exact) mass is 248 g/mol. The highest BCUT2D eigenvalue weighted by molar-refractivity contribution is 5.24. The topological polar surface area (TPSA) is 29.3 Å². The van der Waals surface area contributed by atoms with Crippen LogP contribution in [0.3, 0.4) is 0 Å². The molecule has 0 bridgehead atoms. The van der Waals surface area contributed by atoms with Crippen LogP contribution in [0.25, 0.3) is 0 Å². The van der Waals surface area contributed by atoms with E-state index in [1.807, 2.05) is 0 Å². The van der Waals surface area contributed by atoms with Crippen molar-refractivity contribution in [2.24, 2.45) is 11.7 Å². The lowest BCUT2D eigenvalue weighted by Crippen LogP contribution is -2.36. The summed E-state index contributed by atoms with van der Waals surface area (Å²) in [6.07, 6.45) is 1.22. The van der Waals surface area contributed by atoms with Gasteiger partial charge in [-0.3, -0.25) is 0 Å². The number of likely N-dealkylation sites (N-methyl/N-ethyl adjacent to an activating group) is 1. The van der Waals surface area contributed by atoms with Gasteiger partial charge in [0.1, 0.15) is 0 Å². The highest BCUT2D eigenvalue weighted by atomic mass is 15.1. The fourth-order valence-corrected chi connectivity index (χ4v) is 2.27. The number of hydrogen-bond acceptors (Lipinski definition) is 2. The standard InChI is InChI=1S/C16H28N2/c1-12(2)10-14(4)18(5)11-16(17)15-8-6-13(3)7-9-15/h6-9,12,14,16H,10-11,17H2,1-5H3. The minimum absolute atomic E-state index is 0.102. The fraction of sp³-hybridized carbons (Fsp3) is 0.625. The molecule has 102 valence electrons. The van der Waals surface area contributed by atoms with Crippen molar-refractivity contribution in [3.8, 4) is 0 Å². The average Bonchev–Trinajstić information content (AvgIpc) is 2.28. The molecule has 0 aliphatic carbocycles. The maximum atomic E-state index is 6.27. The molecule has 0 amide bonds. The summed E-state index contributed by atoms with van der Waals surface area (Å²) in [5, 5.41) is 0. The van der Waals surface area contributed by atoms with Crippen molar-refractivity contribution in [2.45, 2.75) is 46.2 Å². The van der Waals surface area contributed by atoms with E-state index < -0.39 is 0 Å². The zero-order valence-corrected chi connectivity index (χ0v) is 12.5. The van der Waals surface area contributed by atoms with Crippen LogP contribution < -0.4 is 5.73 Å². The molecule has 2 heteroatoms. The summed E-state index contributed by atoms with van der Waals surface area (Å²) in [7, 11) is 2.17. The molecule has 1 aromatic carbocycles. The summed E-state index contributed by atoms with van der Waals surface area (Å²) < 4.78 is 0. The zero-order valence-electron chi connectivity index (χ0n) is 12.5. The molecule has 2 N–H and O–H groups in total. The largest absolute Gasteiger partial charge is 0.323 e. The molecule has 0 radical (unpaired) electrons. The van der Waals surface area contributed by atoms with Crippen LogP contribution >= 0.6 is 0 Å². The SMILES string of the molecule is Cc1ccc(C(N)CN(C)C(C)CC(C)C)cc1. The van der Waals surface area contributed by atoms with Crippen molar-refractivity contribution >= 4 is 0 Å². The van der Waals surface area contributed by atoms with Gasteiger partial charge < -0.3 is 10.6 Å². The zero-order chi connectivity index (χ0) is 13.7. The predicted molar refractivity (Wildman–Crippen MR) is 79.7 cm³/mol. The minimum atomic E-state index is 0.102. The smallest absolute Gasteiger partial charge is 0.0424 e. The Morgan fingerprint density at radius 2 is 1.67 bits per heavy atom. The van der Waals surface area contributed by atoms with Crippen LogP contribution in [0.2, 0.25) is 0 Å². The molecular formula is C16H28N2. The first-order chi connectivity index (χ1) is 8.40. The van der Waals surface area contributed by atoms with E-state index in [0.29, 0.717) is 6.04 Å². The summed E-state index contributed by atoms with van der Waals surface area (Å²) in [5.41, 5.74) is 8.78. The number of nitrogens with zero attached hydrogens (tertiary/aromatic N) is 1. The second-order valence-electron chi connectivity index (χ2n) is 5.94. The molecule has 0 saturated carbocycles. The third kappa shape index (κ3) is 4.79. The quantitative estimate of drug-likeness (QED) is 0.836. The van der Waals surface area contributed by atoms with E-state index in [1.54, 1.807) is 0 Å². The summed E-state index contributed by atoms with van der Waals surface area (Å²) in [6.45, 7) is 9.83. The molecule has 1 rings (SSSR count). The molecule has 0 aliphatic heterocycles. The van der Waals surface area contributed by atoms with E-state index in [9.17, 15) is 0 Å². The molecule has 0 aliphatic rings. The normalized spacial score (nSPS) is 15.1. The molecule has 0 fully saturated rings. The third-order valence-electron chi connectivity index (χ3n) is 3.56. The molecule has 0 heterocycles. The van der Waals surface area contributed by atoms with Gasteiger partial charge in [-0.15, -0.1) is 0 Å². The van der Waals surface area contributed by atoms with Gasteiger partial charge in [0.05, 0.1) is 0 Å². The van der Waals surface area contributed by atoms with Gasteiger partial charge >= 0.3 is 0 Å². The van der Waals surface area contributed by atoms with Crippen LogP contribution in [0.5, 0.6) is 0 Å². The van der Waals surface area contributed by atoms with Crippen molar-refractivity contribution in [3.05, 3.63) is 35.4 Å². The molecular weight excluding hydrogens is 220 g/mol. The van der Waals surface area contributed by atoms with Gasteiger partial charge in [-0.1, -0.05) is 43.7 Å². The average molecular weight is 248 g/mol. The van der Waals surface area contributed by atoms with E-state index >= 15 is 0 Å². The van der Waals surface area contributed by atoms with Crippen molar-refractivity contribution < 1.29 is 0 Å². The highest BCUT2D eigenvalue weighted by Crippen LogP contribution is 2.15. The number of benzene rings is 1. The Morgan fingerprint density at radius 1 is 1.11 bits per heavy atom. The summed E-state index contributed by atoms with van der Waals surface area (Å²) in [4.78, 5) is 2.37. The Bertz CT molecular complexity index is 343. The van der Waals surface area contributed by atoms with Gasteiger partial charge in [0, 0.05) is 18.6 Å². The van der Waals surface area contributed by atoms with Gasteiger partial charge in [-0.25, -0.2) is 0 Å². The number of rotatable bonds is 6. The molecule has 0 spiro atoms. The van der Waals surface area contributed by atoms with Crippen LogP contribution in [-0.2, 0) is 0 Å². The lowest BCUT2D eigenvalue weighted by atomic mass is 10.0. The van der Waals surface area contributed by atoms with Crippen molar-refractivity contribution in [1.29, 1.82) is 0 Å². The molecule has 2 nitrogen and oxygen atoms in total. The molecule has 0 saturated heterocycles. The van der Waals surface area contributed by atoms with Gasteiger partial charge in [0.25, 0.3) is 0 Å². The maximum Gasteiger partial charge on any atom is 0.0424 e. The first kappa shape index (κ1) is 15.2. The number of aryl methyl sites for hydroxylation is 1. The maximum absolute atomic E-state index is 6.27. The molecule has 18 heavy (non-hydrogen) atoms. The second kappa shape index (κ2) is 6.91. The van der Waals surface area contributed by atoms with E-state index in [1.165, 1.54) is 17.5 Å². The predicted octanol–water partition coefficient (Wildman–Crippen LogP) is 3.36. The lowest BCUT2D eigenvalue weighted by molar-refractivity contribution is 0.216. The molecule has 0 aromatic heterocycles. The second-order valence-corrected chi connectivity index (χ2v) is 5.94. The van der Waals surface area contributed by atoms with Crippen LogP contribution in [0.1, 0.15) is 44.4 Å². The summed E-state index contributed by atoms with van der Waals surface area (Å²) in [6, 6.07) is 9.23.